The summed E-state index contributed by atoms with van der Waals surface area (Å²) in [6.45, 7) is 2.01. The van der Waals surface area contributed by atoms with Gasteiger partial charge in [0.05, 0.1) is 7.11 Å². The minimum Gasteiger partial charge on any atom is -0.481 e. The van der Waals surface area contributed by atoms with Crippen molar-refractivity contribution in [3.8, 4) is 0 Å². The second-order valence-electron chi connectivity index (χ2n) is 1.38. The summed E-state index contributed by atoms with van der Waals surface area (Å²) in [4.78, 5) is 0. The van der Waals surface area contributed by atoms with Crippen LogP contribution in [0.4, 0.5) is 0 Å². The van der Waals surface area contributed by atoms with Gasteiger partial charge >= 0.3 is 0 Å². The Hall–Kier alpha value is -0.790. The van der Waals surface area contributed by atoms with Crippen molar-refractivity contribution in [2.75, 3.05) is 7.11 Å². The third-order valence-corrected chi connectivity index (χ3v) is 0.725. The molecule has 0 spiro atoms. The fraction of sp³-hybridized carbons (Fsp3) is 0.500. The Morgan fingerprint density at radius 2 is 2.38 bits per heavy atom. The van der Waals surface area contributed by atoms with Gasteiger partial charge in [0.1, 0.15) is 0 Å². The molecule has 0 bridgehead atoms. The molecule has 0 heterocycles. The van der Waals surface area contributed by atoms with Crippen LogP contribution in [0.25, 0.3) is 0 Å². The molecule has 1 N–H and O–H groups in total. The smallest absolute Gasteiger partial charge is 0.205 e. The predicted octanol–water partition coefficient (Wildman–Crippen LogP) is 1.58. The Morgan fingerprint density at radius 1 is 1.75 bits per heavy atom. The predicted molar refractivity (Wildman–Crippen MR) is 34.2 cm³/mol. The first-order chi connectivity index (χ1) is 3.81. The van der Waals surface area contributed by atoms with E-state index in [2.05, 4.69) is 4.74 Å². The van der Waals surface area contributed by atoms with Crippen molar-refractivity contribution in [3.05, 3.63) is 12.2 Å². The first kappa shape index (κ1) is 7.21. The number of methoxy groups -OCH3 is 1. The number of rotatable bonds is 2. The van der Waals surface area contributed by atoms with E-state index in [1.165, 1.54) is 7.11 Å². The topological polar surface area (TPSA) is 33.1 Å². The molecular formula is C6H11NO. The van der Waals surface area contributed by atoms with E-state index in [0.717, 1.165) is 6.42 Å². The van der Waals surface area contributed by atoms with E-state index in [-0.39, 0.29) is 5.90 Å². The highest BCUT2D eigenvalue weighted by Crippen LogP contribution is 1.81. The Kier molecular flexibility index (Phi) is 3.94. The standard InChI is InChI=1S/C6H11NO/c1-3-4-5-6(7)8-2/h4-5,7H,3H2,1-2H3/b5-4-,7-6?. The molecule has 0 unspecified atom stereocenters. The van der Waals surface area contributed by atoms with Gasteiger partial charge in [-0.2, -0.15) is 0 Å². The molecule has 8 heavy (non-hydrogen) atoms. The van der Waals surface area contributed by atoms with E-state index in [0.29, 0.717) is 0 Å². The second kappa shape index (κ2) is 4.37. The molecule has 0 aromatic heterocycles. The lowest BCUT2D eigenvalue weighted by atomic mass is 10.4. The van der Waals surface area contributed by atoms with Crippen LogP contribution in [-0.4, -0.2) is 13.0 Å². The van der Waals surface area contributed by atoms with Crippen LogP contribution < -0.4 is 0 Å². The molecule has 2 heteroatoms. The summed E-state index contributed by atoms with van der Waals surface area (Å²) in [5, 5.41) is 6.93. The number of hydrogen-bond donors (Lipinski definition) is 1. The van der Waals surface area contributed by atoms with Gasteiger partial charge in [0.15, 0.2) is 0 Å². The Morgan fingerprint density at radius 3 is 2.75 bits per heavy atom. The summed E-state index contributed by atoms with van der Waals surface area (Å²) >= 11 is 0. The van der Waals surface area contributed by atoms with Gasteiger partial charge in [-0.3, -0.25) is 5.41 Å². The zero-order chi connectivity index (χ0) is 6.41. The van der Waals surface area contributed by atoms with Crippen LogP contribution in [0.5, 0.6) is 0 Å². The highest BCUT2D eigenvalue weighted by Gasteiger charge is 1.79. The molecule has 0 aromatic carbocycles. The number of hydrogen-bond acceptors (Lipinski definition) is 2. The van der Waals surface area contributed by atoms with Crippen molar-refractivity contribution in [2.45, 2.75) is 13.3 Å². The minimum absolute atomic E-state index is 0.215. The van der Waals surface area contributed by atoms with Gasteiger partial charge in [-0.15, -0.1) is 0 Å². The molecular weight excluding hydrogens is 102 g/mol. The molecule has 0 aliphatic rings. The molecule has 46 valence electrons. The van der Waals surface area contributed by atoms with Gasteiger partial charge < -0.3 is 4.74 Å². The van der Waals surface area contributed by atoms with Crippen LogP contribution in [-0.2, 0) is 4.74 Å². The van der Waals surface area contributed by atoms with E-state index in [9.17, 15) is 0 Å². The average molecular weight is 113 g/mol. The van der Waals surface area contributed by atoms with Gasteiger partial charge in [0.25, 0.3) is 0 Å². The third-order valence-electron chi connectivity index (χ3n) is 0.725. The normalized spacial score (nSPS) is 9.75. The van der Waals surface area contributed by atoms with Crippen LogP contribution in [0.3, 0.4) is 0 Å². The third kappa shape index (κ3) is 3.40. The lowest BCUT2D eigenvalue weighted by Crippen LogP contribution is -1.91. The number of nitrogens with one attached hydrogen (secondary N) is 1. The van der Waals surface area contributed by atoms with E-state index >= 15 is 0 Å². The minimum atomic E-state index is 0.215. The van der Waals surface area contributed by atoms with Crippen molar-refractivity contribution in [1.29, 1.82) is 5.41 Å². The lowest BCUT2D eigenvalue weighted by Gasteiger charge is -1.90. The lowest BCUT2D eigenvalue weighted by molar-refractivity contribution is 0.403. The van der Waals surface area contributed by atoms with Crippen molar-refractivity contribution in [3.63, 3.8) is 0 Å². The highest BCUT2D eigenvalue weighted by atomic mass is 16.5. The Labute approximate surface area is 49.7 Å². The fourth-order valence-electron chi connectivity index (χ4n) is 0.293. The van der Waals surface area contributed by atoms with E-state index in [4.69, 9.17) is 5.41 Å². The molecule has 0 radical (unpaired) electrons. The second-order valence-corrected chi connectivity index (χ2v) is 1.38. The first-order valence-corrected chi connectivity index (χ1v) is 2.60. The maximum Gasteiger partial charge on any atom is 0.205 e. The van der Waals surface area contributed by atoms with Gasteiger partial charge in [-0.25, -0.2) is 0 Å². The van der Waals surface area contributed by atoms with Crippen LogP contribution in [0.1, 0.15) is 13.3 Å². The first-order valence-electron chi connectivity index (χ1n) is 2.60. The van der Waals surface area contributed by atoms with E-state index in [1.807, 2.05) is 13.0 Å². The largest absolute Gasteiger partial charge is 0.481 e. The monoisotopic (exact) mass is 113 g/mol. The summed E-state index contributed by atoms with van der Waals surface area (Å²) in [7, 11) is 1.49. The van der Waals surface area contributed by atoms with Gasteiger partial charge in [-0.1, -0.05) is 13.0 Å². The Balaban J connectivity index is 3.37. The zero-order valence-corrected chi connectivity index (χ0v) is 5.27. The van der Waals surface area contributed by atoms with Crippen LogP contribution in [0.2, 0.25) is 0 Å². The molecule has 0 saturated heterocycles. The van der Waals surface area contributed by atoms with Crippen LogP contribution in [0, 0.1) is 5.41 Å². The molecule has 0 saturated carbocycles. The van der Waals surface area contributed by atoms with Crippen molar-refractivity contribution in [2.24, 2.45) is 0 Å². The van der Waals surface area contributed by atoms with Crippen LogP contribution in [0.15, 0.2) is 12.2 Å². The van der Waals surface area contributed by atoms with Crippen molar-refractivity contribution < 1.29 is 4.74 Å². The number of ether oxygens (including phenoxy) is 1. The van der Waals surface area contributed by atoms with Crippen molar-refractivity contribution >= 4 is 5.90 Å². The summed E-state index contributed by atoms with van der Waals surface area (Å²) < 4.78 is 4.55. The van der Waals surface area contributed by atoms with Crippen LogP contribution >= 0.6 is 0 Å². The summed E-state index contributed by atoms with van der Waals surface area (Å²) in [5.74, 6) is 0.215. The fourth-order valence-corrected chi connectivity index (χ4v) is 0.293. The maximum atomic E-state index is 6.93. The SMILES string of the molecule is CC/C=C\C(=N)OC. The van der Waals surface area contributed by atoms with Gasteiger partial charge in [0.2, 0.25) is 5.90 Å². The van der Waals surface area contributed by atoms with Gasteiger partial charge in [-0.05, 0) is 12.5 Å². The molecule has 0 atom stereocenters. The van der Waals surface area contributed by atoms with Crippen molar-refractivity contribution in [1.82, 2.24) is 0 Å². The van der Waals surface area contributed by atoms with Gasteiger partial charge in [0, 0.05) is 0 Å². The zero-order valence-electron chi connectivity index (χ0n) is 5.27. The Bertz CT molecular complexity index is 96.7. The van der Waals surface area contributed by atoms with E-state index < -0.39 is 0 Å². The molecule has 0 amide bonds. The molecule has 0 aliphatic carbocycles. The molecule has 2 nitrogen and oxygen atoms in total. The van der Waals surface area contributed by atoms with E-state index in [1.54, 1.807) is 6.08 Å². The highest BCUT2D eigenvalue weighted by molar-refractivity contribution is 5.84. The molecule has 0 aliphatic heterocycles. The molecule has 0 rings (SSSR count). The number of allylic oxidation sites excluding steroid dienone is 1. The quantitative estimate of drug-likeness (QED) is 0.428. The molecule has 0 fully saturated rings. The molecule has 0 aromatic rings. The summed E-state index contributed by atoms with van der Waals surface area (Å²) in [6.07, 6.45) is 4.47. The summed E-state index contributed by atoms with van der Waals surface area (Å²) in [5.41, 5.74) is 0. The summed E-state index contributed by atoms with van der Waals surface area (Å²) in [6, 6.07) is 0. The maximum absolute atomic E-state index is 6.93. The average Bonchev–Trinajstić information content (AvgIpc) is 1.83.